The molecule has 2 atom stereocenters. The summed E-state index contributed by atoms with van der Waals surface area (Å²) in [5.41, 5.74) is 1.67. The number of hydrogen-bond acceptors (Lipinski definition) is 14. The summed E-state index contributed by atoms with van der Waals surface area (Å²) in [6.45, 7) is 0.721. The van der Waals surface area contributed by atoms with Crippen LogP contribution in [-0.2, 0) is 46.7 Å². The second-order valence-corrected chi connectivity index (χ2v) is 15.4. The van der Waals surface area contributed by atoms with Gasteiger partial charge in [0.25, 0.3) is 5.91 Å². The first kappa shape index (κ1) is 54.9. The topological polar surface area (TPSA) is 358 Å². The highest BCUT2D eigenvalue weighted by Crippen LogP contribution is 2.15. The summed E-state index contributed by atoms with van der Waals surface area (Å²) in [4.78, 5) is 116. The Morgan fingerprint density at radius 3 is 1.68 bits per heavy atom. The minimum absolute atomic E-state index is 0.0751. The molecule has 0 aliphatic rings. The second kappa shape index (κ2) is 30.0. The molecule has 4 amide bonds. The number of aliphatic carboxylic acids is 6. The Morgan fingerprint density at radius 2 is 1.17 bits per heavy atom. The summed E-state index contributed by atoms with van der Waals surface area (Å²) in [5, 5.41) is 67.6. The van der Waals surface area contributed by atoms with E-state index in [1.165, 1.54) is 0 Å². The fourth-order valence-electron chi connectivity index (χ4n) is 6.05. The van der Waals surface area contributed by atoms with E-state index >= 15 is 0 Å². The SMILES string of the molecule is O=C(O)CC[C@@H](NC(=O)N[C@H](CCCCN(Cc1ccc(Br)nc1)C(=O)c1ccc(CNC(=O)CN(CCNCC(=O)O)CCN(CCNCC(=O)O)CC(=O)O)cc1)C(=O)O)C(=O)O. The summed E-state index contributed by atoms with van der Waals surface area (Å²) in [7, 11) is 0. The first-order chi connectivity index (χ1) is 30.8. The van der Waals surface area contributed by atoms with Crippen LogP contribution in [0.1, 0.15) is 53.6 Å². The maximum atomic E-state index is 13.8. The molecular weight excluding hydrogens is 926 g/mol. The van der Waals surface area contributed by atoms with Gasteiger partial charge in [0.05, 0.1) is 26.2 Å². The zero-order chi connectivity index (χ0) is 48.3. The number of carbonyl (C=O) groups excluding carboxylic acids is 3. The molecule has 2 aromatic rings. The van der Waals surface area contributed by atoms with E-state index in [1.807, 2.05) is 0 Å². The Kier molecular flexibility index (Phi) is 25.3. The maximum Gasteiger partial charge on any atom is 0.326 e. The number of carboxylic acid groups (broad SMARTS) is 6. The Hall–Kier alpha value is -6.28. The number of carboxylic acids is 6. The van der Waals surface area contributed by atoms with Crippen molar-refractivity contribution in [2.75, 3.05) is 72.0 Å². The number of carbonyl (C=O) groups is 9. The molecule has 25 heteroatoms. The fourth-order valence-corrected chi connectivity index (χ4v) is 6.29. The van der Waals surface area contributed by atoms with E-state index in [0.717, 1.165) is 0 Å². The second-order valence-electron chi connectivity index (χ2n) is 14.6. The summed E-state index contributed by atoms with van der Waals surface area (Å²) in [6.07, 6.45) is 1.09. The zero-order valence-electron chi connectivity index (χ0n) is 35.4. The lowest BCUT2D eigenvalue weighted by atomic mass is 10.1. The predicted octanol–water partition coefficient (Wildman–Crippen LogP) is -0.620. The highest BCUT2D eigenvalue weighted by atomic mass is 79.9. The van der Waals surface area contributed by atoms with E-state index in [0.29, 0.717) is 27.7 Å². The Balaban J connectivity index is 2.06. The molecule has 0 aliphatic carbocycles. The lowest BCUT2D eigenvalue weighted by Gasteiger charge is -2.26. The number of nitrogens with one attached hydrogen (secondary N) is 5. The van der Waals surface area contributed by atoms with Gasteiger partial charge in [-0.3, -0.25) is 38.6 Å². The highest BCUT2D eigenvalue weighted by molar-refractivity contribution is 9.10. The normalized spacial score (nSPS) is 11.9. The third-order valence-corrected chi connectivity index (χ3v) is 9.85. The molecule has 0 saturated carbocycles. The molecular formula is C40H56BrN9O15. The van der Waals surface area contributed by atoms with Crippen LogP contribution in [0.5, 0.6) is 0 Å². The van der Waals surface area contributed by atoms with Crippen molar-refractivity contribution in [1.82, 2.24) is 46.3 Å². The van der Waals surface area contributed by atoms with Crippen LogP contribution in [0.25, 0.3) is 0 Å². The first-order valence-electron chi connectivity index (χ1n) is 20.3. The number of benzene rings is 1. The zero-order valence-corrected chi connectivity index (χ0v) is 37.0. The number of rotatable bonds is 34. The molecule has 0 aliphatic heterocycles. The van der Waals surface area contributed by atoms with Crippen LogP contribution in [0, 0.1) is 0 Å². The lowest BCUT2D eigenvalue weighted by Crippen LogP contribution is -2.51. The summed E-state index contributed by atoms with van der Waals surface area (Å²) >= 11 is 3.28. The molecule has 1 heterocycles. The molecule has 0 saturated heterocycles. The van der Waals surface area contributed by atoms with Crippen LogP contribution in [0.3, 0.4) is 0 Å². The van der Waals surface area contributed by atoms with Crippen molar-refractivity contribution in [3.05, 3.63) is 63.9 Å². The number of aromatic nitrogens is 1. The average Bonchev–Trinajstić information content (AvgIpc) is 3.24. The van der Waals surface area contributed by atoms with E-state index in [1.54, 1.807) is 57.3 Å². The molecule has 0 fully saturated rings. The van der Waals surface area contributed by atoms with E-state index < -0.39 is 66.8 Å². The van der Waals surface area contributed by atoms with Gasteiger partial charge in [-0.05, 0) is 70.9 Å². The van der Waals surface area contributed by atoms with E-state index in [4.69, 9.17) is 15.3 Å². The van der Waals surface area contributed by atoms with Crippen molar-refractivity contribution in [3.63, 3.8) is 0 Å². The third-order valence-electron chi connectivity index (χ3n) is 9.39. The Bertz CT molecular complexity index is 1910. The van der Waals surface area contributed by atoms with Gasteiger partial charge < -0.3 is 62.1 Å². The van der Waals surface area contributed by atoms with Gasteiger partial charge in [0.15, 0.2) is 0 Å². The fraction of sp³-hybridized carbons (Fsp3) is 0.500. The van der Waals surface area contributed by atoms with Crippen molar-refractivity contribution in [1.29, 1.82) is 0 Å². The van der Waals surface area contributed by atoms with Crippen LogP contribution >= 0.6 is 15.9 Å². The number of hydrogen-bond donors (Lipinski definition) is 11. The van der Waals surface area contributed by atoms with Gasteiger partial charge in [0, 0.05) is 77.1 Å². The Labute approximate surface area is 381 Å². The number of halogens is 1. The number of amides is 4. The van der Waals surface area contributed by atoms with Gasteiger partial charge in [0.2, 0.25) is 5.91 Å². The van der Waals surface area contributed by atoms with Crippen LogP contribution < -0.4 is 26.6 Å². The number of pyridine rings is 1. The minimum atomic E-state index is -1.55. The van der Waals surface area contributed by atoms with Crippen molar-refractivity contribution >= 4 is 69.6 Å². The first-order valence-corrected chi connectivity index (χ1v) is 21.1. The Morgan fingerprint density at radius 1 is 0.615 bits per heavy atom. The van der Waals surface area contributed by atoms with Gasteiger partial charge >= 0.3 is 41.8 Å². The lowest BCUT2D eigenvalue weighted by molar-refractivity contribution is -0.141. The predicted molar refractivity (Wildman–Crippen MR) is 232 cm³/mol. The summed E-state index contributed by atoms with van der Waals surface area (Å²) in [5.74, 6) is -8.10. The molecule has 0 radical (unpaired) electrons. The van der Waals surface area contributed by atoms with Gasteiger partial charge in [0.1, 0.15) is 16.7 Å². The molecule has 1 aromatic heterocycles. The molecule has 24 nitrogen and oxygen atoms in total. The average molecular weight is 983 g/mol. The van der Waals surface area contributed by atoms with Crippen LogP contribution in [-0.4, -0.2) is 188 Å². The highest BCUT2D eigenvalue weighted by Gasteiger charge is 2.25. The molecule has 0 bridgehead atoms. The van der Waals surface area contributed by atoms with Crippen LogP contribution in [0.4, 0.5) is 4.79 Å². The van der Waals surface area contributed by atoms with Crippen molar-refractivity contribution < 1.29 is 73.8 Å². The van der Waals surface area contributed by atoms with Crippen LogP contribution in [0.15, 0.2) is 47.2 Å². The number of urea groups is 1. The van der Waals surface area contributed by atoms with Gasteiger partial charge in [-0.25, -0.2) is 19.4 Å². The molecule has 65 heavy (non-hydrogen) atoms. The molecule has 2 rings (SSSR count). The third kappa shape index (κ3) is 24.4. The summed E-state index contributed by atoms with van der Waals surface area (Å²) in [6, 6.07) is 5.91. The van der Waals surface area contributed by atoms with Crippen molar-refractivity contribution in [2.45, 2.75) is 57.3 Å². The van der Waals surface area contributed by atoms with Crippen molar-refractivity contribution in [3.8, 4) is 0 Å². The van der Waals surface area contributed by atoms with E-state index in [9.17, 15) is 58.5 Å². The van der Waals surface area contributed by atoms with Crippen molar-refractivity contribution in [2.24, 2.45) is 0 Å². The quantitative estimate of drug-likeness (QED) is 0.0307. The monoisotopic (exact) mass is 981 g/mol. The maximum absolute atomic E-state index is 13.8. The number of nitrogens with zero attached hydrogens (tertiary/aromatic N) is 4. The molecule has 358 valence electrons. The van der Waals surface area contributed by atoms with Crippen LogP contribution in [0.2, 0.25) is 0 Å². The van der Waals surface area contributed by atoms with Gasteiger partial charge in [-0.1, -0.05) is 18.2 Å². The van der Waals surface area contributed by atoms with E-state index in [2.05, 4.69) is 47.5 Å². The molecule has 1 aromatic carbocycles. The standard InChI is InChI=1S/C40H56BrN9O15/c41-31-10-6-27(20-44-31)23-50(14-2-1-3-29(38(61)62)46-40(65)47-30(39(63)64)9-11-33(52)53)37(60)28-7-4-26(5-8-28)19-45-32(51)24-48(15-12-42-21-34(54)55)17-18-49(25-36(58)59)16-13-43-22-35(56)57/h4-8,10,20,29-30,42-43H,1-3,9,11-19,21-25H2,(H,45,51)(H,52,53)(H,54,55)(H,56,57)(H,58,59)(H,61,62)(H,63,64)(H2,46,47,65)/t29-,30-/m1/s1. The van der Waals surface area contributed by atoms with Gasteiger partial charge in [-0.15, -0.1) is 0 Å². The largest absolute Gasteiger partial charge is 0.481 e. The smallest absolute Gasteiger partial charge is 0.326 e. The van der Waals surface area contributed by atoms with E-state index in [-0.39, 0.29) is 110 Å². The molecule has 0 unspecified atom stereocenters. The minimum Gasteiger partial charge on any atom is -0.481 e. The number of unbranched alkanes of at least 4 members (excludes halogenated alkanes) is 1. The summed E-state index contributed by atoms with van der Waals surface area (Å²) < 4.78 is 0.581. The molecule has 0 spiro atoms. The van der Waals surface area contributed by atoms with Gasteiger partial charge in [-0.2, -0.15) is 0 Å². The molecule has 11 N–H and O–H groups in total.